The van der Waals surface area contributed by atoms with Crippen LogP contribution in [0.5, 0.6) is 0 Å². The number of nitro groups is 1. The second kappa shape index (κ2) is 5.62. The fraction of sp³-hybridized carbons (Fsp3) is 0.400. The van der Waals surface area contributed by atoms with Gasteiger partial charge in [0.2, 0.25) is 5.91 Å². The maximum Gasteiger partial charge on any atom is 0.301 e. The lowest BCUT2D eigenvalue weighted by Crippen LogP contribution is -2.29. The summed E-state index contributed by atoms with van der Waals surface area (Å²) in [6.07, 6.45) is 1.47. The van der Waals surface area contributed by atoms with Gasteiger partial charge >= 0.3 is 5.69 Å². The molecule has 1 amide bonds. The molecule has 0 aromatic carbocycles. The minimum absolute atomic E-state index is 0.0732. The highest BCUT2D eigenvalue weighted by Gasteiger charge is 2.22. The number of pyridine rings is 1. The van der Waals surface area contributed by atoms with E-state index >= 15 is 0 Å². The Hall–Kier alpha value is -1.63. The first-order chi connectivity index (χ1) is 7.93. The minimum Gasteiger partial charge on any atom is -0.348 e. The molecule has 92 valence electrons. The average molecular weight is 255 g/mol. The molecule has 0 bridgehead atoms. The van der Waals surface area contributed by atoms with Gasteiger partial charge in [-0.2, -0.15) is 0 Å². The molecule has 0 saturated carbocycles. The maximum atomic E-state index is 11.6. The summed E-state index contributed by atoms with van der Waals surface area (Å²) in [6.45, 7) is 1.70. The number of aromatic nitrogens is 1. The van der Waals surface area contributed by atoms with Gasteiger partial charge in [-0.15, -0.1) is 0 Å². The molecule has 0 aliphatic rings. The van der Waals surface area contributed by atoms with E-state index in [9.17, 15) is 14.9 Å². The summed E-state index contributed by atoms with van der Waals surface area (Å²) < 4.78 is 0. The molecule has 0 saturated heterocycles. The lowest BCUT2D eigenvalue weighted by molar-refractivity contribution is -0.388. The largest absolute Gasteiger partial charge is 0.348 e. The summed E-state index contributed by atoms with van der Waals surface area (Å²) in [5, 5.41) is 10.6. The van der Waals surface area contributed by atoms with Crippen LogP contribution >= 0.6 is 11.8 Å². The second-order valence-corrected chi connectivity index (χ2v) is 4.91. The Morgan fingerprint density at radius 2 is 2.24 bits per heavy atom. The number of hydrogen-bond donors (Lipinski definition) is 0. The molecule has 1 heterocycles. The zero-order chi connectivity index (χ0) is 13.0. The number of amides is 1. The van der Waals surface area contributed by atoms with Gasteiger partial charge in [0.15, 0.2) is 5.03 Å². The quantitative estimate of drug-likeness (QED) is 0.463. The number of rotatable bonds is 4. The Morgan fingerprint density at radius 1 is 1.59 bits per heavy atom. The van der Waals surface area contributed by atoms with Crippen LogP contribution in [0.3, 0.4) is 0 Å². The van der Waals surface area contributed by atoms with E-state index in [1.54, 1.807) is 21.0 Å². The van der Waals surface area contributed by atoms with E-state index in [1.807, 2.05) is 0 Å². The molecule has 1 atom stereocenters. The number of carbonyl (C=O) groups excluding carboxylic acids is 1. The van der Waals surface area contributed by atoms with Crippen LogP contribution in [-0.4, -0.2) is 40.1 Å². The normalized spacial score (nSPS) is 11.9. The summed E-state index contributed by atoms with van der Waals surface area (Å²) in [6, 6.07) is 2.88. The Morgan fingerprint density at radius 3 is 2.76 bits per heavy atom. The van der Waals surface area contributed by atoms with Crippen molar-refractivity contribution < 1.29 is 9.72 Å². The van der Waals surface area contributed by atoms with Crippen molar-refractivity contribution in [2.45, 2.75) is 17.2 Å². The molecule has 1 rings (SSSR count). The van der Waals surface area contributed by atoms with Gasteiger partial charge in [-0.3, -0.25) is 14.9 Å². The summed E-state index contributed by atoms with van der Waals surface area (Å²) in [5.41, 5.74) is -0.0732. The summed E-state index contributed by atoms with van der Waals surface area (Å²) in [4.78, 5) is 27.3. The van der Waals surface area contributed by atoms with E-state index < -0.39 is 10.2 Å². The van der Waals surface area contributed by atoms with Gasteiger partial charge < -0.3 is 4.90 Å². The minimum atomic E-state index is -0.498. The molecular formula is C10H13N3O3S. The maximum absolute atomic E-state index is 11.6. The van der Waals surface area contributed by atoms with Crippen molar-refractivity contribution in [3.8, 4) is 0 Å². The molecule has 0 radical (unpaired) electrons. The van der Waals surface area contributed by atoms with Crippen LogP contribution in [0.4, 0.5) is 5.69 Å². The van der Waals surface area contributed by atoms with E-state index in [1.165, 1.54) is 23.2 Å². The van der Waals surface area contributed by atoms with Crippen LogP contribution in [0.2, 0.25) is 0 Å². The van der Waals surface area contributed by atoms with Crippen LogP contribution in [-0.2, 0) is 4.79 Å². The summed E-state index contributed by atoms with van der Waals surface area (Å²) in [7, 11) is 3.29. The zero-order valence-corrected chi connectivity index (χ0v) is 10.6. The van der Waals surface area contributed by atoms with Crippen molar-refractivity contribution in [1.29, 1.82) is 0 Å². The van der Waals surface area contributed by atoms with Crippen LogP contribution in [0, 0.1) is 10.1 Å². The van der Waals surface area contributed by atoms with E-state index in [-0.39, 0.29) is 16.6 Å². The predicted molar refractivity (Wildman–Crippen MR) is 64.9 cm³/mol. The third-order valence-corrected chi connectivity index (χ3v) is 3.12. The van der Waals surface area contributed by atoms with Gasteiger partial charge in [-0.05, 0) is 13.0 Å². The van der Waals surface area contributed by atoms with Gasteiger partial charge in [0.05, 0.1) is 10.2 Å². The number of carbonyl (C=O) groups is 1. The first kappa shape index (κ1) is 13.4. The number of nitrogens with zero attached hydrogens (tertiary/aromatic N) is 3. The Kier molecular flexibility index (Phi) is 4.45. The highest BCUT2D eigenvalue weighted by atomic mass is 32.2. The number of thioether (sulfide) groups is 1. The molecule has 0 aliphatic heterocycles. The SMILES string of the molecule is CC(Sc1ncccc1[N+](=O)[O-])C(=O)N(C)C. The molecule has 17 heavy (non-hydrogen) atoms. The predicted octanol–water partition coefficient (Wildman–Crippen LogP) is 1.56. The molecule has 6 nitrogen and oxygen atoms in total. The third kappa shape index (κ3) is 3.42. The third-order valence-electron chi connectivity index (χ3n) is 2.02. The molecule has 1 aromatic rings. The van der Waals surface area contributed by atoms with Crippen LogP contribution in [0.1, 0.15) is 6.92 Å². The molecule has 1 unspecified atom stereocenters. The van der Waals surface area contributed by atoms with Gasteiger partial charge in [-0.25, -0.2) is 4.98 Å². The fourth-order valence-corrected chi connectivity index (χ4v) is 2.23. The second-order valence-electron chi connectivity index (χ2n) is 3.58. The first-order valence-electron chi connectivity index (χ1n) is 4.90. The van der Waals surface area contributed by atoms with Gasteiger partial charge in [0.25, 0.3) is 0 Å². The monoisotopic (exact) mass is 255 g/mol. The number of hydrogen-bond acceptors (Lipinski definition) is 5. The zero-order valence-electron chi connectivity index (χ0n) is 9.78. The molecular weight excluding hydrogens is 242 g/mol. The standard InChI is InChI=1S/C10H13N3O3S/c1-7(10(14)12(2)3)17-9-8(13(15)16)5-4-6-11-9/h4-7H,1-3H3. The molecule has 7 heteroatoms. The van der Waals surface area contributed by atoms with Crippen molar-refractivity contribution >= 4 is 23.4 Å². The van der Waals surface area contributed by atoms with Crippen LogP contribution < -0.4 is 0 Å². The summed E-state index contributed by atoms with van der Waals surface area (Å²) >= 11 is 1.09. The van der Waals surface area contributed by atoms with Crippen molar-refractivity contribution in [1.82, 2.24) is 9.88 Å². The molecule has 0 N–H and O–H groups in total. The topological polar surface area (TPSA) is 76.3 Å². The van der Waals surface area contributed by atoms with Gasteiger partial charge in [0.1, 0.15) is 0 Å². The Bertz CT molecular complexity index is 437. The van der Waals surface area contributed by atoms with E-state index in [0.29, 0.717) is 0 Å². The van der Waals surface area contributed by atoms with Crippen molar-refractivity contribution in [3.63, 3.8) is 0 Å². The fourth-order valence-electron chi connectivity index (χ4n) is 1.19. The Labute approximate surface area is 103 Å². The highest BCUT2D eigenvalue weighted by molar-refractivity contribution is 8.00. The van der Waals surface area contributed by atoms with Gasteiger partial charge in [0, 0.05) is 26.4 Å². The average Bonchev–Trinajstić information content (AvgIpc) is 2.28. The summed E-state index contributed by atoms with van der Waals surface area (Å²) in [5.74, 6) is -0.102. The molecule has 0 spiro atoms. The van der Waals surface area contributed by atoms with E-state index in [2.05, 4.69) is 4.98 Å². The van der Waals surface area contributed by atoms with Crippen molar-refractivity contribution in [2.75, 3.05) is 14.1 Å². The van der Waals surface area contributed by atoms with E-state index in [4.69, 9.17) is 0 Å². The lowest BCUT2D eigenvalue weighted by atomic mass is 10.4. The smallest absolute Gasteiger partial charge is 0.301 e. The van der Waals surface area contributed by atoms with E-state index in [0.717, 1.165) is 11.8 Å². The Balaban J connectivity index is 2.88. The molecule has 0 aliphatic carbocycles. The van der Waals surface area contributed by atoms with Crippen LogP contribution in [0.25, 0.3) is 0 Å². The highest BCUT2D eigenvalue weighted by Crippen LogP contribution is 2.29. The molecule has 1 aromatic heterocycles. The van der Waals surface area contributed by atoms with Gasteiger partial charge in [-0.1, -0.05) is 11.8 Å². The van der Waals surface area contributed by atoms with Crippen LogP contribution in [0.15, 0.2) is 23.4 Å². The first-order valence-corrected chi connectivity index (χ1v) is 5.78. The molecule has 0 fully saturated rings. The van der Waals surface area contributed by atoms with Crippen molar-refractivity contribution in [3.05, 3.63) is 28.4 Å². The van der Waals surface area contributed by atoms with Crippen molar-refractivity contribution in [2.24, 2.45) is 0 Å². The lowest BCUT2D eigenvalue weighted by Gasteiger charge is -2.15.